The molecular weight excluding hydrogens is 343 g/mol. The highest BCUT2D eigenvalue weighted by Gasteiger charge is 2.10. The monoisotopic (exact) mass is 354 g/mol. The largest absolute Gasteiger partial charge is 0.497 e. The van der Waals surface area contributed by atoms with Crippen LogP contribution in [0.5, 0.6) is 5.75 Å². The van der Waals surface area contributed by atoms with Gasteiger partial charge in [-0.3, -0.25) is 10.1 Å². The van der Waals surface area contributed by atoms with Crippen LogP contribution < -0.4 is 10.1 Å². The van der Waals surface area contributed by atoms with Crippen molar-refractivity contribution in [3.63, 3.8) is 0 Å². The van der Waals surface area contributed by atoms with E-state index in [1.165, 1.54) is 12.1 Å². The average molecular weight is 355 g/mol. The van der Waals surface area contributed by atoms with E-state index in [9.17, 15) is 14.5 Å². The van der Waals surface area contributed by atoms with Crippen molar-refractivity contribution in [1.82, 2.24) is 0 Å². The number of nitrogens with one attached hydrogen (secondary N) is 1. The SMILES string of the molecule is COc1cc(Br)cc(NCc2cc(F)cc([N+](=O)[O-])c2)c1. The number of nitro groups is 1. The molecule has 110 valence electrons. The summed E-state index contributed by atoms with van der Waals surface area (Å²) in [6.07, 6.45) is 0. The Kier molecular flexibility index (Phi) is 4.74. The number of rotatable bonds is 5. The van der Waals surface area contributed by atoms with Gasteiger partial charge in [0.05, 0.1) is 18.1 Å². The second-order valence-electron chi connectivity index (χ2n) is 4.31. The number of benzene rings is 2. The summed E-state index contributed by atoms with van der Waals surface area (Å²) < 4.78 is 19.3. The van der Waals surface area contributed by atoms with E-state index in [0.29, 0.717) is 11.3 Å². The molecule has 0 fully saturated rings. The first kappa shape index (κ1) is 15.2. The number of non-ortho nitro benzene ring substituents is 1. The lowest BCUT2D eigenvalue weighted by Crippen LogP contribution is -2.01. The van der Waals surface area contributed by atoms with Gasteiger partial charge in [-0.25, -0.2) is 4.39 Å². The predicted octanol–water partition coefficient (Wildman–Crippen LogP) is 4.12. The maximum absolute atomic E-state index is 13.3. The Balaban J connectivity index is 2.16. The van der Waals surface area contributed by atoms with Crippen LogP contribution in [0.25, 0.3) is 0 Å². The lowest BCUT2D eigenvalue weighted by Gasteiger charge is -2.09. The van der Waals surface area contributed by atoms with E-state index >= 15 is 0 Å². The molecule has 0 aliphatic heterocycles. The Labute approximate surface area is 129 Å². The van der Waals surface area contributed by atoms with E-state index in [2.05, 4.69) is 21.2 Å². The molecule has 2 aromatic carbocycles. The van der Waals surface area contributed by atoms with Gasteiger partial charge in [0.25, 0.3) is 5.69 Å². The lowest BCUT2D eigenvalue weighted by atomic mass is 10.2. The van der Waals surface area contributed by atoms with Gasteiger partial charge in [-0.2, -0.15) is 0 Å². The molecule has 0 radical (unpaired) electrons. The summed E-state index contributed by atoms with van der Waals surface area (Å²) in [5.74, 6) is 0.0323. The van der Waals surface area contributed by atoms with Gasteiger partial charge in [-0.05, 0) is 23.8 Å². The number of anilines is 1. The van der Waals surface area contributed by atoms with Gasteiger partial charge < -0.3 is 10.1 Å². The van der Waals surface area contributed by atoms with Crippen LogP contribution in [-0.4, -0.2) is 12.0 Å². The first-order chi connectivity index (χ1) is 9.97. The number of halogens is 2. The molecule has 0 saturated carbocycles. The molecule has 1 N–H and O–H groups in total. The third-order valence-corrected chi connectivity index (χ3v) is 3.21. The Morgan fingerprint density at radius 3 is 2.71 bits per heavy atom. The van der Waals surface area contributed by atoms with E-state index in [0.717, 1.165) is 16.2 Å². The summed E-state index contributed by atoms with van der Waals surface area (Å²) in [5.41, 5.74) is 0.979. The lowest BCUT2D eigenvalue weighted by molar-refractivity contribution is -0.385. The van der Waals surface area contributed by atoms with Gasteiger partial charge in [-0.1, -0.05) is 15.9 Å². The molecule has 0 aliphatic rings. The normalized spacial score (nSPS) is 10.2. The molecule has 21 heavy (non-hydrogen) atoms. The highest BCUT2D eigenvalue weighted by molar-refractivity contribution is 9.10. The van der Waals surface area contributed by atoms with Crippen molar-refractivity contribution >= 4 is 27.3 Å². The molecule has 0 atom stereocenters. The summed E-state index contributed by atoms with van der Waals surface area (Å²) in [5, 5.41) is 13.8. The zero-order valence-electron chi connectivity index (χ0n) is 11.1. The molecular formula is C14H12BrFN2O3. The van der Waals surface area contributed by atoms with Crippen LogP contribution in [0.15, 0.2) is 40.9 Å². The van der Waals surface area contributed by atoms with Gasteiger partial charge in [0.1, 0.15) is 11.6 Å². The highest BCUT2D eigenvalue weighted by atomic mass is 79.9. The van der Waals surface area contributed by atoms with E-state index in [1.807, 2.05) is 6.07 Å². The molecule has 5 nitrogen and oxygen atoms in total. The van der Waals surface area contributed by atoms with Crippen molar-refractivity contribution in [3.05, 3.63) is 62.4 Å². The minimum absolute atomic E-state index is 0.262. The molecule has 0 saturated heterocycles. The van der Waals surface area contributed by atoms with E-state index in [1.54, 1.807) is 19.2 Å². The number of methoxy groups -OCH3 is 1. The fraction of sp³-hybridized carbons (Fsp3) is 0.143. The fourth-order valence-electron chi connectivity index (χ4n) is 1.83. The molecule has 0 spiro atoms. The minimum atomic E-state index is -0.632. The zero-order chi connectivity index (χ0) is 15.4. The maximum atomic E-state index is 13.3. The van der Waals surface area contributed by atoms with Crippen LogP contribution in [0.4, 0.5) is 15.8 Å². The quantitative estimate of drug-likeness (QED) is 0.647. The molecule has 2 aromatic rings. The average Bonchev–Trinajstić information content (AvgIpc) is 2.44. The predicted molar refractivity (Wildman–Crippen MR) is 81.1 cm³/mol. The van der Waals surface area contributed by atoms with Crippen molar-refractivity contribution in [1.29, 1.82) is 0 Å². The van der Waals surface area contributed by atoms with Crippen molar-refractivity contribution in [2.24, 2.45) is 0 Å². The number of nitrogens with zero attached hydrogens (tertiary/aromatic N) is 1. The highest BCUT2D eigenvalue weighted by Crippen LogP contribution is 2.25. The van der Waals surface area contributed by atoms with Crippen molar-refractivity contribution in [2.75, 3.05) is 12.4 Å². The summed E-state index contributed by atoms with van der Waals surface area (Å²) in [6, 6.07) is 8.90. The zero-order valence-corrected chi connectivity index (χ0v) is 12.7. The van der Waals surface area contributed by atoms with E-state index < -0.39 is 10.7 Å². The fourth-order valence-corrected chi connectivity index (χ4v) is 2.30. The van der Waals surface area contributed by atoms with Gasteiger partial charge >= 0.3 is 0 Å². The van der Waals surface area contributed by atoms with Gasteiger partial charge in [0.2, 0.25) is 0 Å². The Morgan fingerprint density at radius 2 is 2.05 bits per heavy atom. The van der Waals surface area contributed by atoms with Crippen molar-refractivity contribution < 1.29 is 14.1 Å². The number of hydrogen-bond acceptors (Lipinski definition) is 4. The Hall–Kier alpha value is -2.15. The smallest absolute Gasteiger partial charge is 0.272 e. The molecule has 0 heterocycles. The molecule has 2 rings (SSSR count). The summed E-state index contributed by atoms with van der Waals surface area (Å²) in [7, 11) is 1.56. The maximum Gasteiger partial charge on any atom is 0.272 e. The number of nitro benzene ring substituents is 1. The first-order valence-electron chi connectivity index (χ1n) is 6.00. The van der Waals surface area contributed by atoms with Gasteiger partial charge in [0, 0.05) is 28.8 Å². The number of ether oxygens (including phenoxy) is 1. The van der Waals surface area contributed by atoms with Crippen LogP contribution in [0.3, 0.4) is 0 Å². The van der Waals surface area contributed by atoms with Crippen LogP contribution >= 0.6 is 15.9 Å². The molecule has 0 unspecified atom stereocenters. The number of hydrogen-bond donors (Lipinski definition) is 1. The van der Waals surface area contributed by atoms with Gasteiger partial charge in [0.15, 0.2) is 0 Å². The molecule has 0 aliphatic carbocycles. The van der Waals surface area contributed by atoms with Gasteiger partial charge in [-0.15, -0.1) is 0 Å². The standard InChI is InChI=1S/C14H12BrFN2O3/c1-21-14-5-10(15)4-12(7-14)17-8-9-2-11(16)6-13(3-9)18(19)20/h2-7,17H,8H2,1H3. The minimum Gasteiger partial charge on any atom is -0.497 e. The third kappa shape index (κ3) is 4.16. The summed E-state index contributed by atoms with van der Waals surface area (Å²) >= 11 is 3.35. The molecule has 0 bridgehead atoms. The summed E-state index contributed by atoms with van der Waals surface area (Å²) in [6.45, 7) is 0.262. The molecule has 0 amide bonds. The van der Waals surface area contributed by atoms with Crippen LogP contribution in [0.2, 0.25) is 0 Å². The third-order valence-electron chi connectivity index (χ3n) is 2.76. The van der Waals surface area contributed by atoms with Crippen LogP contribution in [-0.2, 0) is 6.54 Å². The molecule has 0 aromatic heterocycles. The van der Waals surface area contributed by atoms with Crippen LogP contribution in [0, 0.1) is 15.9 Å². The van der Waals surface area contributed by atoms with E-state index in [4.69, 9.17) is 4.74 Å². The van der Waals surface area contributed by atoms with Crippen molar-refractivity contribution in [2.45, 2.75) is 6.54 Å². The van der Waals surface area contributed by atoms with Crippen molar-refractivity contribution in [3.8, 4) is 5.75 Å². The second kappa shape index (κ2) is 6.53. The molecule has 7 heteroatoms. The van der Waals surface area contributed by atoms with E-state index in [-0.39, 0.29) is 12.2 Å². The second-order valence-corrected chi connectivity index (χ2v) is 5.22. The first-order valence-corrected chi connectivity index (χ1v) is 6.79. The summed E-state index contributed by atoms with van der Waals surface area (Å²) in [4.78, 5) is 10.1. The Bertz CT molecular complexity index is 679. The topological polar surface area (TPSA) is 64.4 Å². The van der Waals surface area contributed by atoms with Crippen LogP contribution in [0.1, 0.15) is 5.56 Å². The Morgan fingerprint density at radius 1 is 1.29 bits per heavy atom.